The van der Waals surface area contributed by atoms with Crippen LogP contribution < -0.4 is 17.1 Å². The molecule has 0 unspecified atom stereocenters. The normalized spacial score (nSPS) is 13.8. The number of cyclic esters (lactones) is 8. The van der Waals surface area contributed by atoms with Gasteiger partial charge in [0.15, 0.2) is 0 Å². The summed E-state index contributed by atoms with van der Waals surface area (Å²) in [5, 5.41) is 0.972. The largest absolute Gasteiger partial charge is 0.386 e. The Balaban J connectivity index is 0.000000193. The van der Waals surface area contributed by atoms with Gasteiger partial charge in [0, 0.05) is 49.0 Å². The summed E-state index contributed by atoms with van der Waals surface area (Å²) in [6.07, 6.45) is 0. The average molecular weight is 1570 g/mol. The van der Waals surface area contributed by atoms with Crippen molar-refractivity contribution in [3.8, 4) is 0 Å². The van der Waals surface area contributed by atoms with Crippen LogP contribution >= 0.6 is 155 Å². The van der Waals surface area contributed by atoms with Crippen LogP contribution in [-0.2, 0) is 37.5 Å². The van der Waals surface area contributed by atoms with Crippen molar-refractivity contribution in [3.63, 3.8) is 0 Å². The van der Waals surface area contributed by atoms with E-state index in [0.717, 1.165) is -0.0619 Å². The van der Waals surface area contributed by atoms with Crippen molar-refractivity contribution in [2.24, 2.45) is 0 Å². The molecule has 0 bridgehead atoms. The third kappa shape index (κ3) is 9.64. The van der Waals surface area contributed by atoms with E-state index in [9.17, 15) is 52.7 Å². The Morgan fingerprint density at radius 1 is 0.483 bits per heavy atom. The van der Waals surface area contributed by atoms with Crippen LogP contribution in [0.3, 0.4) is 0 Å². The van der Waals surface area contributed by atoms with Crippen LogP contribution in [0.1, 0.15) is 82.9 Å². The van der Waals surface area contributed by atoms with Crippen LogP contribution in [0.4, 0.5) is 0 Å². The molecule has 5 heterocycles. The Morgan fingerprint density at radius 2 is 0.733 bits per heavy atom. The molecule has 27 heteroatoms. The molecule has 0 fully saturated rings. The first-order valence-corrected chi connectivity index (χ1v) is 23.2. The number of carbonyl (C=O) groups is 8. The molecule has 5 aromatic rings. The molecule has 0 saturated heterocycles. The van der Waals surface area contributed by atoms with Crippen LogP contribution in [0.25, 0.3) is 21.5 Å². The molecule has 18 nitrogen and oxygen atoms in total. The number of halogens is 8. The van der Waals surface area contributed by atoms with Crippen LogP contribution in [0, 0.1) is 4.93 Å². The van der Waals surface area contributed by atoms with Crippen molar-refractivity contribution in [2.45, 2.75) is -0.0619 Å². The van der Waals surface area contributed by atoms with Crippen LogP contribution in [-0.4, -0.2) is 59.9 Å². The molecule has 4 aliphatic heterocycles. The van der Waals surface area contributed by atoms with E-state index in [4.69, 9.17) is 9.47 Å². The summed E-state index contributed by atoms with van der Waals surface area (Å²) < 4.78 is 21.1. The zero-order valence-corrected chi connectivity index (χ0v) is 44.6. The Morgan fingerprint density at radius 3 is 1.02 bits per heavy atom. The van der Waals surface area contributed by atoms with Gasteiger partial charge in [0.2, 0.25) is 0 Å². The molecule has 4 aliphatic rings. The number of benzene rings is 4. The molecule has 1 aromatic heterocycles. The summed E-state index contributed by atoms with van der Waals surface area (Å²) in [6.45, 7) is 0. The van der Waals surface area contributed by atoms with Crippen molar-refractivity contribution in [1.82, 2.24) is 12.2 Å². The minimum atomic E-state index is -0.837. The summed E-state index contributed by atoms with van der Waals surface area (Å²) in [4.78, 5) is 132. The Kier molecular flexibility index (Phi) is 17.3. The first kappa shape index (κ1) is 50.4. The molecular weight excluding hydrogens is 1560 g/mol. The number of carbonyl (C=O) groups excluding carboxylic acids is 8. The van der Waals surface area contributed by atoms with Gasteiger partial charge in [-0.1, -0.05) is 67.8 Å². The third-order valence-electron chi connectivity index (χ3n) is 7.84. The van der Waals surface area contributed by atoms with Crippen molar-refractivity contribution in [1.29, 1.82) is 0 Å². The topological polar surface area (TPSA) is 250 Å². The third-order valence-corrected chi connectivity index (χ3v) is 10.3. The maximum Gasteiger partial charge on any atom is 0.357 e. The van der Waals surface area contributed by atoms with Crippen LogP contribution in [0.2, 0.25) is 0 Å². The number of nitrogens with zero attached hydrogens (tertiary/aromatic N) is 2. The number of ether oxygens (including phenoxy) is 4. The van der Waals surface area contributed by atoms with Crippen molar-refractivity contribution in [2.75, 3.05) is 0 Å². The van der Waals surface area contributed by atoms with Crippen LogP contribution in [0.5, 0.6) is 0 Å². The van der Waals surface area contributed by atoms with Gasteiger partial charge in [-0.2, -0.15) is 7.19 Å². The minimum absolute atomic E-state index is 0. The molecule has 0 saturated carbocycles. The second kappa shape index (κ2) is 20.5. The molecule has 0 amide bonds. The van der Waals surface area contributed by atoms with Crippen LogP contribution in [0.15, 0.2) is 59.7 Å². The molecule has 4 aromatic carbocycles. The second-order valence-corrected chi connectivity index (χ2v) is 24.9. The standard InChI is InChI=1S/C14H2Br2O6.C14H4O6.C3HBr2N3O3.CHI3.CH2I.V/c15-5-1-3-7-8-4(12(18)22-13(19)9(5)8)2-6(16)10(7)14(20)21-11(3)17;15-11-5-1-2-6-10-8(14(18)20-12(6)16)4-3-7(9(5)10)13(17)19-11;4-7-1(9)6-2(10)8(5)3(7)11;2-1(3)4;1-2;/h1-2H;1-4H;(H,6,9,10);1H;1H2;/q;;;;-1;. The number of H-pyrrole nitrogens is 1. The summed E-state index contributed by atoms with van der Waals surface area (Å²) in [6, 6.07) is 8.30. The first-order chi connectivity index (χ1) is 27.7. The van der Waals surface area contributed by atoms with Crippen molar-refractivity contribution >= 4 is 224 Å². The predicted octanol–water partition coefficient (Wildman–Crippen LogP) is 7.25. The number of alkyl halides is 3. The molecule has 309 valence electrons. The van der Waals surface area contributed by atoms with E-state index in [1.54, 1.807) is 0 Å². The number of aromatic nitrogens is 3. The molecule has 1 radical (unpaired) electrons. The smallest absolute Gasteiger partial charge is 0.357 e. The number of nitrogens with one attached hydrogen (secondary N) is 1. The van der Waals surface area contributed by atoms with Gasteiger partial charge >= 0.3 is 64.8 Å². The summed E-state index contributed by atoms with van der Waals surface area (Å²) in [5.41, 5.74) is -1.38. The van der Waals surface area contributed by atoms with Gasteiger partial charge < -0.3 is 41.5 Å². The molecule has 9 rings (SSSR count). The Bertz CT molecular complexity index is 2730. The van der Waals surface area contributed by atoms with Crippen molar-refractivity contribution in [3.05, 3.63) is 126 Å². The van der Waals surface area contributed by atoms with E-state index >= 15 is 0 Å². The fourth-order valence-electron chi connectivity index (χ4n) is 5.68. The minimum Gasteiger partial charge on any atom is -0.386 e. The zero-order valence-electron chi connectivity index (χ0n) is 28.2. The maximum atomic E-state index is 12.0. The van der Waals surface area contributed by atoms with E-state index in [-0.39, 0.29) is 93.6 Å². The molecule has 0 atom stereocenters. The summed E-state index contributed by atoms with van der Waals surface area (Å²) in [5.74, 6) is -6.52. The predicted molar refractivity (Wildman–Crippen MR) is 252 cm³/mol. The average Bonchev–Trinajstić information content (AvgIpc) is 3.17. The molecule has 60 heavy (non-hydrogen) atoms. The number of hydrogen-bond donors (Lipinski definition) is 1. The quantitative estimate of drug-likeness (QED) is 0.0400. The molecule has 1 N–H and O–H groups in total. The zero-order chi connectivity index (χ0) is 43.9. The summed E-state index contributed by atoms with van der Waals surface area (Å²) >= 11 is 20.5. The molecular formula is C33H10Br4I4N3O15V-. The van der Waals surface area contributed by atoms with Gasteiger partial charge in [0.1, 0.15) is -0.0619 Å². The monoisotopic (exact) mass is 1560 g/mol. The van der Waals surface area contributed by atoms with Gasteiger partial charge in [-0.25, -0.2) is 52.7 Å². The van der Waals surface area contributed by atoms with E-state index < -0.39 is 64.8 Å². The van der Waals surface area contributed by atoms with Gasteiger partial charge in [0.25, 0.3) is 0 Å². The van der Waals surface area contributed by atoms with E-state index in [2.05, 4.69) is 146 Å². The second-order valence-electron chi connectivity index (χ2n) is 10.9. The van der Waals surface area contributed by atoms with E-state index in [0.29, 0.717) is 7.19 Å². The SMILES string of the molecule is IC(I)I.O=C1OC(=O)c2c(Br)cc3c4c(c(Br)cc1c24)C(=O)OC3=O.O=C1OC(=O)c2ccc3c4c(ccc1c24)C(=O)OC3=O.O=c1[nH]c(=O)n(Br)c(=O)n1Br.[CH2-]I.[V]. The number of rotatable bonds is 0. The number of aromatic amines is 1. The fraction of sp³-hybridized carbons (Fsp3) is 0.0303. The first-order valence-electron chi connectivity index (χ1n) is 14.9. The number of hydrogen-bond acceptors (Lipinski definition) is 15. The van der Waals surface area contributed by atoms with E-state index in [1.165, 1.54) is 36.4 Å². The number of esters is 8. The Hall–Kier alpha value is -2.21. The Labute approximate surface area is 432 Å². The molecule has 0 spiro atoms. The van der Waals surface area contributed by atoms with Gasteiger partial charge in [-0.05, 0) is 68.3 Å². The van der Waals surface area contributed by atoms with Gasteiger partial charge in [-0.3, -0.25) is 9.91 Å². The van der Waals surface area contributed by atoms with Gasteiger partial charge in [0.05, 0.1) is 76.8 Å². The van der Waals surface area contributed by atoms with E-state index in [1.807, 2.05) is 27.6 Å². The van der Waals surface area contributed by atoms with Crippen molar-refractivity contribution < 1.29 is 75.9 Å². The fourth-order valence-corrected chi connectivity index (χ4v) is 7.56. The van der Waals surface area contributed by atoms with Gasteiger partial charge in [-0.15, -0.1) is 0 Å². The molecule has 0 aliphatic carbocycles. The summed E-state index contributed by atoms with van der Waals surface area (Å²) in [7, 11) is 0. The maximum absolute atomic E-state index is 12.0.